The molecule has 27 heavy (non-hydrogen) atoms. The number of carbonyl (C=O) groups is 2. The third-order valence-electron chi connectivity index (χ3n) is 3.74. The van der Waals surface area contributed by atoms with Crippen molar-refractivity contribution in [3.63, 3.8) is 0 Å². The van der Waals surface area contributed by atoms with Crippen LogP contribution in [-0.2, 0) is 23.8 Å². The number of rotatable bonds is 7. The van der Waals surface area contributed by atoms with Gasteiger partial charge < -0.3 is 29.5 Å². The molecular weight excluding hydrogens is 362 g/mol. The summed E-state index contributed by atoms with van der Waals surface area (Å²) in [6.07, 6.45) is 0. The number of aliphatic hydroxyl groups is 1. The van der Waals surface area contributed by atoms with Crippen molar-refractivity contribution in [1.82, 2.24) is 0 Å². The largest absolute Gasteiger partial charge is 0.466 e. The highest BCUT2D eigenvalue weighted by molar-refractivity contribution is 6.04. The summed E-state index contributed by atoms with van der Waals surface area (Å²) in [5.74, 6) is -1.60. The van der Waals surface area contributed by atoms with Crippen molar-refractivity contribution in [2.75, 3.05) is 50.9 Å². The summed E-state index contributed by atoms with van der Waals surface area (Å²) in [6, 6.07) is 3.94. The quantitative estimate of drug-likeness (QED) is 0.387. The summed E-state index contributed by atoms with van der Waals surface area (Å²) in [7, 11) is 2.31. The van der Waals surface area contributed by atoms with Crippen molar-refractivity contribution in [1.29, 1.82) is 0 Å². The number of esters is 2. The molecule has 0 aliphatic carbocycles. The average molecular weight is 381 g/mol. The van der Waals surface area contributed by atoms with Crippen LogP contribution in [0, 0.1) is 10.1 Å². The van der Waals surface area contributed by atoms with Gasteiger partial charge in [0.25, 0.3) is 5.69 Å². The van der Waals surface area contributed by atoms with Crippen LogP contribution in [-0.4, -0.2) is 62.7 Å². The molecule has 146 valence electrons. The zero-order valence-electron chi connectivity index (χ0n) is 14.8. The Balaban J connectivity index is 2.64. The van der Waals surface area contributed by atoms with Crippen LogP contribution < -0.4 is 10.2 Å². The van der Waals surface area contributed by atoms with Gasteiger partial charge in [0.2, 0.25) is 0 Å². The molecule has 2 N–H and O–H groups in total. The van der Waals surface area contributed by atoms with Crippen molar-refractivity contribution in [3.05, 3.63) is 39.6 Å². The van der Waals surface area contributed by atoms with Gasteiger partial charge >= 0.3 is 11.9 Å². The molecule has 1 aromatic rings. The molecule has 1 aliphatic heterocycles. The minimum absolute atomic E-state index is 0.0739. The number of nitro benzene ring substituents is 1. The van der Waals surface area contributed by atoms with Crippen LogP contribution in [0.1, 0.15) is 0 Å². The van der Waals surface area contributed by atoms with Crippen LogP contribution in [0.2, 0.25) is 0 Å². The molecule has 0 bridgehead atoms. The van der Waals surface area contributed by atoms with E-state index in [1.54, 1.807) is 0 Å². The fraction of sp³-hybridized carbons (Fsp3) is 0.375. The number of anilines is 2. The van der Waals surface area contributed by atoms with Crippen LogP contribution in [0.15, 0.2) is 29.5 Å². The van der Waals surface area contributed by atoms with E-state index in [1.807, 2.05) is 0 Å². The number of nitrogens with zero attached hydrogens (tertiary/aromatic N) is 2. The molecule has 2 rings (SSSR count). The lowest BCUT2D eigenvalue weighted by Gasteiger charge is -2.32. The van der Waals surface area contributed by atoms with E-state index < -0.39 is 16.9 Å². The first-order chi connectivity index (χ1) is 12.9. The van der Waals surface area contributed by atoms with Gasteiger partial charge in [-0.25, -0.2) is 9.59 Å². The number of nitro groups is 1. The van der Waals surface area contributed by atoms with Gasteiger partial charge in [-0.3, -0.25) is 10.1 Å². The van der Waals surface area contributed by atoms with Gasteiger partial charge in [-0.15, -0.1) is 0 Å². The Hall–Kier alpha value is -3.18. The third kappa shape index (κ3) is 4.33. The SMILES string of the molecule is COC(=O)C1=C(C(=O)OC)N(c2cc([N+](=O)[O-])ccc2NCCO)COC1. The van der Waals surface area contributed by atoms with E-state index in [2.05, 4.69) is 10.1 Å². The average Bonchev–Trinajstić information content (AvgIpc) is 2.70. The Bertz CT molecular complexity index is 777. The summed E-state index contributed by atoms with van der Waals surface area (Å²) in [5, 5.41) is 23.1. The molecule has 0 radical (unpaired) electrons. The molecule has 11 heteroatoms. The van der Waals surface area contributed by atoms with E-state index in [1.165, 1.54) is 23.1 Å². The second-order valence-electron chi connectivity index (χ2n) is 5.32. The first-order valence-corrected chi connectivity index (χ1v) is 7.82. The van der Waals surface area contributed by atoms with Crippen LogP contribution in [0.3, 0.4) is 0 Å². The van der Waals surface area contributed by atoms with E-state index in [0.717, 1.165) is 14.2 Å². The van der Waals surface area contributed by atoms with Crippen molar-refractivity contribution in [2.45, 2.75) is 0 Å². The maximum absolute atomic E-state index is 12.3. The van der Waals surface area contributed by atoms with Crippen molar-refractivity contribution in [3.8, 4) is 0 Å². The van der Waals surface area contributed by atoms with Crippen LogP contribution >= 0.6 is 0 Å². The Kier molecular flexibility index (Phi) is 6.68. The standard InChI is InChI=1S/C16H19N3O8/c1-25-15(21)11-8-27-9-18(14(11)16(22)26-2)13-7-10(19(23)24)3-4-12(13)17-5-6-20/h3-4,7,17,20H,5-6,8-9H2,1-2H3. The van der Waals surface area contributed by atoms with Gasteiger partial charge in [-0.05, 0) is 6.07 Å². The maximum atomic E-state index is 12.3. The lowest BCUT2D eigenvalue weighted by molar-refractivity contribution is -0.384. The highest BCUT2D eigenvalue weighted by Crippen LogP contribution is 2.35. The first kappa shape index (κ1) is 20.1. The van der Waals surface area contributed by atoms with Gasteiger partial charge in [0.05, 0.1) is 49.3 Å². The lowest BCUT2D eigenvalue weighted by Crippen LogP contribution is -2.39. The number of methoxy groups -OCH3 is 2. The minimum atomic E-state index is -0.821. The van der Waals surface area contributed by atoms with Gasteiger partial charge in [-0.2, -0.15) is 0 Å². The lowest BCUT2D eigenvalue weighted by atomic mass is 10.1. The number of carbonyl (C=O) groups excluding carboxylic acids is 2. The normalized spacial score (nSPS) is 14.0. The Labute approximate surface area is 154 Å². The summed E-state index contributed by atoms with van der Waals surface area (Å²) >= 11 is 0. The van der Waals surface area contributed by atoms with Gasteiger partial charge in [0.1, 0.15) is 12.4 Å². The molecule has 1 aromatic carbocycles. The van der Waals surface area contributed by atoms with E-state index in [9.17, 15) is 19.7 Å². The zero-order chi connectivity index (χ0) is 20.0. The van der Waals surface area contributed by atoms with Crippen LogP contribution in [0.25, 0.3) is 0 Å². The fourth-order valence-corrected chi connectivity index (χ4v) is 2.53. The Morgan fingerprint density at radius 1 is 1.33 bits per heavy atom. The molecule has 0 unspecified atom stereocenters. The Morgan fingerprint density at radius 2 is 2.04 bits per heavy atom. The van der Waals surface area contributed by atoms with E-state index in [-0.39, 0.29) is 49.1 Å². The number of aliphatic hydroxyl groups excluding tert-OH is 1. The minimum Gasteiger partial charge on any atom is -0.466 e. The van der Waals surface area contributed by atoms with E-state index in [0.29, 0.717) is 5.69 Å². The van der Waals surface area contributed by atoms with E-state index >= 15 is 0 Å². The van der Waals surface area contributed by atoms with Crippen molar-refractivity contribution >= 4 is 29.0 Å². The van der Waals surface area contributed by atoms with Crippen LogP contribution in [0.4, 0.5) is 17.1 Å². The maximum Gasteiger partial charge on any atom is 0.355 e. The molecule has 0 spiro atoms. The topological polar surface area (TPSA) is 140 Å². The molecule has 0 aromatic heterocycles. The number of non-ortho nitro benzene ring substituents is 1. The van der Waals surface area contributed by atoms with Crippen molar-refractivity contribution in [2.24, 2.45) is 0 Å². The predicted molar refractivity (Wildman–Crippen MR) is 93.0 cm³/mol. The summed E-state index contributed by atoms with van der Waals surface area (Å²) in [4.78, 5) is 36.3. The molecule has 0 amide bonds. The number of ether oxygens (including phenoxy) is 3. The highest BCUT2D eigenvalue weighted by Gasteiger charge is 2.34. The monoisotopic (exact) mass is 381 g/mol. The molecular formula is C16H19N3O8. The summed E-state index contributed by atoms with van der Waals surface area (Å²) < 4.78 is 14.8. The van der Waals surface area contributed by atoms with Gasteiger partial charge in [-0.1, -0.05) is 0 Å². The molecule has 11 nitrogen and oxygen atoms in total. The molecule has 0 fully saturated rings. The smallest absolute Gasteiger partial charge is 0.355 e. The van der Waals surface area contributed by atoms with E-state index in [4.69, 9.17) is 14.6 Å². The highest BCUT2D eigenvalue weighted by atomic mass is 16.6. The fourth-order valence-electron chi connectivity index (χ4n) is 2.53. The number of hydrogen-bond acceptors (Lipinski definition) is 10. The molecule has 0 saturated carbocycles. The molecule has 1 aliphatic rings. The number of benzene rings is 1. The van der Waals surface area contributed by atoms with Crippen molar-refractivity contribution < 1.29 is 33.8 Å². The van der Waals surface area contributed by atoms with Gasteiger partial charge in [0.15, 0.2) is 0 Å². The van der Waals surface area contributed by atoms with Crippen LogP contribution in [0.5, 0.6) is 0 Å². The van der Waals surface area contributed by atoms with Gasteiger partial charge in [0, 0.05) is 18.7 Å². The third-order valence-corrected chi connectivity index (χ3v) is 3.74. The summed E-state index contributed by atoms with van der Waals surface area (Å²) in [6.45, 7) is -0.345. The number of nitrogens with one attached hydrogen (secondary N) is 1. The second-order valence-corrected chi connectivity index (χ2v) is 5.32. The first-order valence-electron chi connectivity index (χ1n) is 7.82. The molecule has 0 atom stereocenters. The number of hydrogen-bond donors (Lipinski definition) is 2. The second kappa shape index (κ2) is 8.96. The Morgan fingerprint density at radius 3 is 2.63 bits per heavy atom. The molecule has 1 heterocycles. The summed E-state index contributed by atoms with van der Waals surface area (Å²) in [5.41, 5.74) is 0.164. The molecule has 0 saturated heterocycles. The zero-order valence-corrected chi connectivity index (χ0v) is 14.8. The predicted octanol–water partition coefficient (Wildman–Crippen LogP) is 0.393.